The zero-order valence-electron chi connectivity index (χ0n) is 11.7. The van der Waals surface area contributed by atoms with Crippen molar-refractivity contribution >= 4 is 35.3 Å². The molecule has 23 heavy (non-hydrogen) atoms. The Bertz CT molecular complexity index is 775. The Labute approximate surface area is 140 Å². The molecule has 0 radical (unpaired) electrons. The van der Waals surface area contributed by atoms with Crippen LogP contribution in [0.25, 0.3) is 11.3 Å². The first-order valence-electron chi connectivity index (χ1n) is 6.70. The van der Waals surface area contributed by atoms with E-state index >= 15 is 0 Å². The van der Waals surface area contributed by atoms with E-state index in [2.05, 4.69) is 5.32 Å². The SMILES string of the molecule is O=C(O)c1cc(-c2ccc([C@H]3NC[C@H](C(=O)O)S3)o2)ccc1Cl. The first kappa shape index (κ1) is 15.9. The number of thioether (sulfide) groups is 1. The maximum absolute atomic E-state index is 11.1. The van der Waals surface area contributed by atoms with Gasteiger partial charge in [-0.25, -0.2) is 4.79 Å². The summed E-state index contributed by atoms with van der Waals surface area (Å²) in [5.74, 6) is -0.873. The highest BCUT2D eigenvalue weighted by Gasteiger charge is 2.32. The highest BCUT2D eigenvalue weighted by molar-refractivity contribution is 8.01. The molecule has 1 fully saturated rings. The normalized spacial score (nSPS) is 20.6. The van der Waals surface area contributed by atoms with Crippen LogP contribution in [0.5, 0.6) is 0 Å². The number of carboxylic acids is 2. The van der Waals surface area contributed by atoms with Gasteiger partial charge < -0.3 is 14.6 Å². The largest absolute Gasteiger partial charge is 0.480 e. The van der Waals surface area contributed by atoms with Gasteiger partial charge in [-0.1, -0.05) is 11.6 Å². The van der Waals surface area contributed by atoms with E-state index in [-0.39, 0.29) is 16.0 Å². The minimum atomic E-state index is -1.11. The molecule has 1 saturated heterocycles. The molecular formula is C15H12ClNO5S. The van der Waals surface area contributed by atoms with Crippen molar-refractivity contribution < 1.29 is 24.2 Å². The van der Waals surface area contributed by atoms with Crippen molar-refractivity contribution in [2.45, 2.75) is 10.6 Å². The minimum absolute atomic E-state index is 0.00132. The van der Waals surface area contributed by atoms with Crippen LogP contribution in [-0.2, 0) is 4.79 Å². The van der Waals surface area contributed by atoms with Crippen molar-refractivity contribution in [2.75, 3.05) is 6.54 Å². The smallest absolute Gasteiger partial charge is 0.337 e. The third-order valence-electron chi connectivity index (χ3n) is 3.43. The van der Waals surface area contributed by atoms with Crippen molar-refractivity contribution in [2.24, 2.45) is 0 Å². The Balaban J connectivity index is 1.84. The van der Waals surface area contributed by atoms with Crippen LogP contribution >= 0.6 is 23.4 Å². The third kappa shape index (κ3) is 3.21. The number of rotatable bonds is 4. The van der Waals surface area contributed by atoms with Crippen LogP contribution in [0.2, 0.25) is 5.02 Å². The van der Waals surface area contributed by atoms with Gasteiger partial charge in [0.05, 0.1) is 10.6 Å². The molecule has 3 N–H and O–H groups in total. The molecule has 8 heteroatoms. The van der Waals surface area contributed by atoms with E-state index in [0.717, 1.165) is 0 Å². The molecule has 1 aliphatic heterocycles. The number of aromatic carboxylic acids is 1. The van der Waals surface area contributed by atoms with E-state index in [1.54, 1.807) is 18.2 Å². The van der Waals surface area contributed by atoms with Crippen LogP contribution in [0, 0.1) is 0 Å². The van der Waals surface area contributed by atoms with E-state index < -0.39 is 17.2 Å². The Morgan fingerprint density at radius 2 is 2.04 bits per heavy atom. The van der Waals surface area contributed by atoms with E-state index in [1.807, 2.05) is 0 Å². The van der Waals surface area contributed by atoms with Gasteiger partial charge in [0.1, 0.15) is 22.1 Å². The zero-order valence-corrected chi connectivity index (χ0v) is 13.2. The van der Waals surface area contributed by atoms with E-state index in [0.29, 0.717) is 23.6 Å². The maximum atomic E-state index is 11.1. The average Bonchev–Trinajstić information content (AvgIpc) is 3.16. The highest BCUT2D eigenvalue weighted by atomic mass is 35.5. The fraction of sp³-hybridized carbons (Fsp3) is 0.200. The molecule has 2 heterocycles. The lowest BCUT2D eigenvalue weighted by molar-refractivity contribution is -0.136. The Kier molecular flexibility index (Phi) is 4.34. The fourth-order valence-corrected chi connectivity index (χ4v) is 3.57. The molecule has 6 nitrogen and oxygen atoms in total. The molecule has 1 aromatic carbocycles. The summed E-state index contributed by atoms with van der Waals surface area (Å²) in [5.41, 5.74) is 0.595. The molecule has 3 rings (SSSR count). The molecule has 120 valence electrons. The monoisotopic (exact) mass is 353 g/mol. The summed E-state index contributed by atoms with van der Waals surface area (Å²) >= 11 is 7.12. The summed E-state index contributed by atoms with van der Waals surface area (Å²) < 4.78 is 5.74. The average molecular weight is 354 g/mol. The van der Waals surface area contributed by atoms with Gasteiger partial charge in [0.2, 0.25) is 0 Å². The van der Waals surface area contributed by atoms with Crippen molar-refractivity contribution in [3.8, 4) is 11.3 Å². The molecule has 0 bridgehead atoms. The molecule has 2 aromatic rings. The first-order chi connectivity index (χ1) is 11.0. The van der Waals surface area contributed by atoms with E-state index in [4.69, 9.17) is 26.2 Å². The van der Waals surface area contributed by atoms with Gasteiger partial charge in [0.25, 0.3) is 0 Å². The van der Waals surface area contributed by atoms with Crippen LogP contribution in [0.4, 0.5) is 0 Å². The molecule has 0 spiro atoms. The molecule has 1 aliphatic rings. The van der Waals surface area contributed by atoms with Crippen LogP contribution < -0.4 is 5.32 Å². The standard InChI is InChI=1S/C15H12ClNO5S/c16-9-2-1-7(5-8(9)14(18)19)10-3-4-11(22-10)13-17-6-12(23-13)15(20)21/h1-5,12-13,17H,6H2,(H,18,19)(H,20,21)/t12-,13+/m1/s1. The summed E-state index contributed by atoms with van der Waals surface area (Å²) in [7, 11) is 0. The van der Waals surface area contributed by atoms with Crippen molar-refractivity contribution in [1.82, 2.24) is 5.32 Å². The molecule has 1 aromatic heterocycles. The third-order valence-corrected chi connectivity index (χ3v) is 5.13. The molecule has 0 saturated carbocycles. The van der Waals surface area contributed by atoms with Crippen molar-refractivity contribution in [1.29, 1.82) is 0 Å². The van der Waals surface area contributed by atoms with E-state index in [9.17, 15) is 9.59 Å². The molecule has 0 aliphatic carbocycles. The van der Waals surface area contributed by atoms with Crippen LogP contribution in [0.3, 0.4) is 0 Å². The van der Waals surface area contributed by atoms with Crippen LogP contribution in [0.1, 0.15) is 21.5 Å². The van der Waals surface area contributed by atoms with Gasteiger partial charge in [-0.05, 0) is 30.3 Å². The number of furan rings is 1. The van der Waals surface area contributed by atoms with Gasteiger partial charge in [0.15, 0.2) is 0 Å². The number of carboxylic acid groups (broad SMARTS) is 2. The lowest BCUT2D eigenvalue weighted by Gasteiger charge is -2.06. The lowest BCUT2D eigenvalue weighted by atomic mass is 10.1. The van der Waals surface area contributed by atoms with Crippen molar-refractivity contribution in [3.05, 3.63) is 46.7 Å². The number of nitrogens with one attached hydrogen (secondary N) is 1. The second-order valence-corrected chi connectivity index (χ2v) is 6.67. The van der Waals surface area contributed by atoms with Crippen molar-refractivity contribution in [3.63, 3.8) is 0 Å². The van der Waals surface area contributed by atoms with Gasteiger partial charge in [-0.3, -0.25) is 10.1 Å². The number of carbonyl (C=O) groups is 2. The number of aliphatic carboxylic acids is 1. The molecule has 0 unspecified atom stereocenters. The lowest BCUT2D eigenvalue weighted by Crippen LogP contribution is -2.21. The Morgan fingerprint density at radius 1 is 1.26 bits per heavy atom. The van der Waals surface area contributed by atoms with Crippen LogP contribution in [-0.4, -0.2) is 33.9 Å². The topological polar surface area (TPSA) is 99.8 Å². The Morgan fingerprint density at radius 3 is 2.70 bits per heavy atom. The maximum Gasteiger partial charge on any atom is 0.337 e. The Hall–Kier alpha value is -1.96. The predicted octanol–water partition coefficient (Wildman–Crippen LogP) is 3.09. The predicted molar refractivity (Wildman–Crippen MR) is 85.9 cm³/mol. The van der Waals surface area contributed by atoms with Gasteiger partial charge in [-0.2, -0.15) is 0 Å². The summed E-state index contributed by atoms with van der Waals surface area (Å²) in [5, 5.41) is 20.6. The fourth-order valence-electron chi connectivity index (χ4n) is 2.28. The number of hydrogen-bond donors (Lipinski definition) is 3. The molecule has 2 atom stereocenters. The quantitative estimate of drug-likeness (QED) is 0.776. The number of benzene rings is 1. The molecular weight excluding hydrogens is 342 g/mol. The summed E-state index contributed by atoms with van der Waals surface area (Å²) in [6.45, 7) is 0.366. The van der Waals surface area contributed by atoms with Gasteiger partial charge in [-0.15, -0.1) is 11.8 Å². The summed E-state index contributed by atoms with van der Waals surface area (Å²) in [6.07, 6.45) is 0. The van der Waals surface area contributed by atoms with Gasteiger partial charge in [0, 0.05) is 12.1 Å². The molecule has 0 amide bonds. The summed E-state index contributed by atoms with van der Waals surface area (Å²) in [6, 6.07) is 8.10. The second-order valence-electron chi connectivity index (χ2n) is 4.95. The van der Waals surface area contributed by atoms with Crippen LogP contribution in [0.15, 0.2) is 34.7 Å². The second kappa shape index (κ2) is 6.27. The first-order valence-corrected chi connectivity index (χ1v) is 8.02. The summed E-state index contributed by atoms with van der Waals surface area (Å²) in [4.78, 5) is 22.1. The zero-order chi connectivity index (χ0) is 16.6. The number of halogens is 1. The minimum Gasteiger partial charge on any atom is -0.480 e. The number of hydrogen-bond acceptors (Lipinski definition) is 5. The van der Waals surface area contributed by atoms with E-state index in [1.165, 1.54) is 23.9 Å². The van der Waals surface area contributed by atoms with Gasteiger partial charge >= 0.3 is 11.9 Å². The highest BCUT2D eigenvalue weighted by Crippen LogP contribution is 2.37.